The van der Waals surface area contributed by atoms with E-state index in [9.17, 15) is 15.7 Å². The first kappa shape index (κ1) is 47.7. The molecule has 2 N–H and O–H groups in total. The highest BCUT2D eigenvalue weighted by Gasteiger charge is 2.56. The molecule has 1 saturated heterocycles. The van der Waals surface area contributed by atoms with Crippen molar-refractivity contribution in [1.82, 2.24) is 0 Å². The van der Waals surface area contributed by atoms with E-state index in [1.165, 1.54) is 0 Å². The zero-order valence-electron chi connectivity index (χ0n) is 37.1. The molecule has 67 heavy (non-hydrogen) atoms. The molecule has 8 rings (SSSR count). The van der Waals surface area contributed by atoms with Crippen molar-refractivity contribution in [3.05, 3.63) is 226 Å². The number of ether oxygens (including phenoxy) is 8. The third-order valence-electron chi connectivity index (χ3n) is 11.9. The summed E-state index contributed by atoms with van der Waals surface area (Å²) in [6, 6.07) is 56.7. The molecule has 0 aromatic heterocycles. The number of nitrogens with zero attached hydrogens (tertiary/aromatic N) is 3. The Balaban J connectivity index is 1.17. The van der Waals surface area contributed by atoms with E-state index in [1.54, 1.807) is 0 Å². The molecule has 0 amide bonds. The SMILES string of the molecule is [N-]=[N+]=N[C@H]1[C@@H](O[C@H]2[C@H](O)[C@H](OCc3ccccc3)[C@@H](OCc3ccccc3)[C@H](OCc3ccccc3)[C@H]2OCc2ccccc2)O[C@H](COCc2ccccc2)[C@@H](O)[C@@H]1OCc1ccccc1. The van der Waals surface area contributed by atoms with Gasteiger partial charge < -0.3 is 48.1 Å². The van der Waals surface area contributed by atoms with Gasteiger partial charge in [-0.3, -0.25) is 0 Å². The van der Waals surface area contributed by atoms with Crippen molar-refractivity contribution < 1.29 is 48.1 Å². The van der Waals surface area contributed by atoms with E-state index in [1.807, 2.05) is 182 Å². The number of hydrogen-bond donors (Lipinski definition) is 2. The lowest BCUT2D eigenvalue weighted by molar-refractivity contribution is -0.335. The van der Waals surface area contributed by atoms with Gasteiger partial charge in [-0.05, 0) is 38.9 Å². The van der Waals surface area contributed by atoms with Gasteiger partial charge >= 0.3 is 0 Å². The van der Waals surface area contributed by atoms with Gasteiger partial charge in [0.2, 0.25) is 0 Å². The van der Waals surface area contributed by atoms with E-state index in [2.05, 4.69) is 10.0 Å². The topological polar surface area (TPSA) is 163 Å². The highest BCUT2D eigenvalue weighted by Crippen LogP contribution is 2.37. The first-order valence-corrected chi connectivity index (χ1v) is 22.6. The maximum absolute atomic E-state index is 12.9. The van der Waals surface area contributed by atoms with E-state index < -0.39 is 67.3 Å². The van der Waals surface area contributed by atoms with Gasteiger partial charge in [-0.2, -0.15) is 0 Å². The van der Waals surface area contributed by atoms with Crippen LogP contribution in [0.2, 0.25) is 0 Å². The van der Waals surface area contributed by atoms with Gasteiger partial charge in [0.05, 0.1) is 52.4 Å². The molecular formula is C54H57N3O10. The quantitative estimate of drug-likeness (QED) is 0.0383. The molecule has 1 aliphatic carbocycles. The molecule has 13 nitrogen and oxygen atoms in total. The van der Waals surface area contributed by atoms with E-state index in [0.29, 0.717) is 0 Å². The Labute approximate surface area is 391 Å². The minimum atomic E-state index is -1.43. The van der Waals surface area contributed by atoms with Crippen LogP contribution >= 0.6 is 0 Å². The average molecular weight is 908 g/mol. The lowest BCUT2D eigenvalue weighted by atomic mass is 9.83. The number of aliphatic hydroxyl groups is 2. The Morgan fingerprint density at radius 1 is 0.418 bits per heavy atom. The molecule has 6 aromatic rings. The van der Waals surface area contributed by atoms with Crippen molar-refractivity contribution in [1.29, 1.82) is 0 Å². The van der Waals surface area contributed by atoms with Crippen LogP contribution in [0.15, 0.2) is 187 Å². The maximum Gasteiger partial charge on any atom is 0.169 e. The van der Waals surface area contributed by atoms with Crippen molar-refractivity contribution in [2.24, 2.45) is 5.11 Å². The molecule has 1 aliphatic heterocycles. The summed E-state index contributed by atoms with van der Waals surface area (Å²) in [5, 5.41) is 29.0. The summed E-state index contributed by atoms with van der Waals surface area (Å²) >= 11 is 0. The summed E-state index contributed by atoms with van der Waals surface area (Å²) in [6.45, 7) is 0.865. The fourth-order valence-electron chi connectivity index (χ4n) is 8.44. The minimum absolute atomic E-state index is 0.0632. The zero-order valence-corrected chi connectivity index (χ0v) is 37.1. The van der Waals surface area contributed by atoms with Crippen LogP contribution in [0.4, 0.5) is 0 Å². The fraction of sp³-hybridized carbons (Fsp3) is 0.333. The fourth-order valence-corrected chi connectivity index (χ4v) is 8.44. The molecule has 2 aliphatic rings. The Morgan fingerprint density at radius 3 is 1.13 bits per heavy atom. The molecule has 11 atom stereocenters. The van der Waals surface area contributed by atoms with Crippen LogP contribution in [-0.2, 0) is 77.5 Å². The van der Waals surface area contributed by atoms with Gasteiger partial charge in [-0.1, -0.05) is 187 Å². The summed E-state index contributed by atoms with van der Waals surface area (Å²) in [7, 11) is 0. The van der Waals surface area contributed by atoms with Crippen molar-refractivity contribution >= 4 is 0 Å². The van der Waals surface area contributed by atoms with Crippen LogP contribution in [0.25, 0.3) is 10.4 Å². The second-order valence-electron chi connectivity index (χ2n) is 16.6. The summed E-state index contributed by atoms with van der Waals surface area (Å²) in [6.07, 6.45) is -11.4. The van der Waals surface area contributed by atoms with Crippen molar-refractivity contribution in [2.45, 2.75) is 107 Å². The van der Waals surface area contributed by atoms with Crippen LogP contribution in [0, 0.1) is 0 Å². The van der Waals surface area contributed by atoms with Crippen molar-refractivity contribution in [3.63, 3.8) is 0 Å². The van der Waals surface area contributed by atoms with Crippen molar-refractivity contribution in [3.8, 4) is 0 Å². The predicted molar refractivity (Wildman–Crippen MR) is 250 cm³/mol. The Morgan fingerprint density at radius 2 is 0.746 bits per heavy atom. The summed E-state index contributed by atoms with van der Waals surface area (Å²) in [4.78, 5) is 3.18. The largest absolute Gasteiger partial charge is 0.388 e. The minimum Gasteiger partial charge on any atom is -0.388 e. The lowest BCUT2D eigenvalue weighted by Gasteiger charge is -2.50. The van der Waals surface area contributed by atoms with Crippen LogP contribution < -0.4 is 0 Å². The molecule has 1 saturated carbocycles. The predicted octanol–water partition coefficient (Wildman–Crippen LogP) is 8.65. The highest BCUT2D eigenvalue weighted by atomic mass is 16.7. The molecule has 0 radical (unpaired) electrons. The molecule has 1 heterocycles. The van der Waals surface area contributed by atoms with E-state index >= 15 is 0 Å². The van der Waals surface area contributed by atoms with Gasteiger partial charge in [0.25, 0.3) is 0 Å². The first-order valence-electron chi connectivity index (χ1n) is 22.6. The highest BCUT2D eigenvalue weighted by molar-refractivity contribution is 5.19. The number of rotatable bonds is 22. The van der Waals surface area contributed by atoms with Crippen LogP contribution in [-0.4, -0.2) is 84.1 Å². The van der Waals surface area contributed by atoms with Gasteiger partial charge in [0.1, 0.15) is 54.9 Å². The number of hydrogen-bond acceptors (Lipinski definition) is 11. The molecule has 6 aromatic carbocycles. The Kier molecular flexibility index (Phi) is 17.7. The van der Waals surface area contributed by atoms with Crippen LogP contribution in [0.1, 0.15) is 33.4 Å². The molecule has 2 fully saturated rings. The molecule has 0 spiro atoms. The third-order valence-corrected chi connectivity index (χ3v) is 11.9. The normalized spacial score (nSPS) is 26.1. The van der Waals surface area contributed by atoms with Gasteiger partial charge in [0, 0.05) is 4.91 Å². The van der Waals surface area contributed by atoms with E-state index in [-0.39, 0.29) is 46.2 Å². The van der Waals surface area contributed by atoms with Crippen molar-refractivity contribution in [2.75, 3.05) is 6.61 Å². The lowest BCUT2D eigenvalue weighted by Crippen LogP contribution is -2.69. The zero-order chi connectivity index (χ0) is 46.0. The molecule has 13 heteroatoms. The maximum atomic E-state index is 12.9. The van der Waals surface area contributed by atoms with Crippen LogP contribution in [0.5, 0.6) is 0 Å². The second-order valence-corrected chi connectivity index (χ2v) is 16.6. The average Bonchev–Trinajstić information content (AvgIpc) is 3.38. The molecule has 0 unspecified atom stereocenters. The number of azide groups is 1. The number of aliphatic hydroxyl groups excluding tert-OH is 2. The second kappa shape index (κ2) is 24.8. The van der Waals surface area contributed by atoms with E-state index in [4.69, 9.17) is 37.9 Å². The van der Waals surface area contributed by atoms with Gasteiger partial charge in [0.15, 0.2) is 6.29 Å². The Bertz CT molecular complexity index is 2370. The summed E-state index contributed by atoms with van der Waals surface area (Å²) < 4.78 is 53.4. The molecule has 0 bridgehead atoms. The molecular weight excluding hydrogens is 851 g/mol. The monoisotopic (exact) mass is 907 g/mol. The van der Waals surface area contributed by atoms with Gasteiger partial charge in [-0.25, -0.2) is 0 Å². The summed E-state index contributed by atoms with van der Waals surface area (Å²) in [5.74, 6) is 0. The summed E-state index contributed by atoms with van der Waals surface area (Å²) in [5.41, 5.74) is 15.4. The molecule has 348 valence electrons. The number of benzene rings is 6. The van der Waals surface area contributed by atoms with Crippen LogP contribution in [0.3, 0.4) is 0 Å². The standard InChI is InChI=1S/C54H57N3O10/c55-57-56-45-48(61-32-39-21-9-2-10-22-39)46(58)44(37-60-31-38-19-7-1-8-20-38)66-54(45)67-50-47(59)49(62-33-40-23-11-3-12-24-40)51(63-34-41-25-13-4-14-26-41)53(65-36-43-29-17-6-18-30-43)52(50)64-35-42-27-15-5-16-28-42/h1-30,44-54,58-59H,31-37H2/t44-,45-,46-,47-,48-,49+,50+,51-,52+,53+,54-/m1/s1. The third kappa shape index (κ3) is 13.2. The Hall–Kier alpha value is -5.77. The van der Waals surface area contributed by atoms with E-state index in [0.717, 1.165) is 33.4 Å². The first-order chi connectivity index (χ1) is 33.0. The smallest absolute Gasteiger partial charge is 0.169 e. The van der Waals surface area contributed by atoms with Gasteiger partial charge in [-0.15, -0.1) is 0 Å².